The van der Waals surface area contributed by atoms with Crippen LogP contribution in [-0.2, 0) is 0 Å². The zero-order valence-corrected chi connectivity index (χ0v) is 13.1. The summed E-state index contributed by atoms with van der Waals surface area (Å²) in [7, 11) is 2.24. The smallest absolute Gasteiger partial charge is 0.0309 e. The number of likely N-dealkylation sites (N-methyl/N-ethyl adjacent to an activating group) is 1. The fourth-order valence-electron chi connectivity index (χ4n) is 3.50. The maximum absolute atomic E-state index is 6.13. The van der Waals surface area contributed by atoms with E-state index in [1.54, 1.807) is 0 Å². The lowest BCUT2D eigenvalue weighted by Gasteiger charge is -2.46. The number of nitrogens with zero attached hydrogens (tertiary/aromatic N) is 2. The van der Waals surface area contributed by atoms with E-state index in [1.165, 1.54) is 38.9 Å². The Labute approximate surface area is 114 Å². The van der Waals surface area contributed by atoms with Crippen LogP contribution in [0, 0.1) is 5.92 Å². The number of hydrogen-bond donors (Lipinski definition) is 1. The van der Waals surface area contributed by atoms with E-state index in [0.717, 1.165) is 6.54 Å². The molecule has 0 spiro atoms. The summed E-state index contributed by atoms with van der Waals surface area (Å²) in [6.45, 7) is 13.6. The third kappa shape index (κ3) is 3.94. The minimum Gasteiger partial charge on any atom is -0.329 e. The molecule has 0 saturated carbocycles. The van der Waals surface area contributed by atoms with Gasteiger partial charge in [-0.3, -0.25) is 4.90 Å². The molecule has 0 amide bonds. The minimum absolute atomic E-state index is 0.167. The summed E-state index contributed by atoms with van der Waals surface area (Å²) in [6.07, 6.45) is 3.68. The van der Waals surface area contributed by atoms with Crippen LogP contribution >= 0.6 is 0 Å². The molecule has 1 heterocycles. The first-order chi connectivity index (χ1) is 8.42. The summed E-state index contributed by atoms with van der Waals surface area (Å²) in [5, 5.41) is 0. The molecule has 0 radical (unpaired) electrons. The molecular formula is C15H33N3. The topological polar surface area (TPSA) is 32.5 Å². The number of nitrogens with two attached hydrogens (primary N) is 1. The van der Waals surface area contributed by atoms with Crippen molar-refractivity contribution in [1.29, 1.82) is 0 Å². The van der Waals surface area contributed by atoms with Crippen molar-refractivity contribution >= 4 is 0 Å². The van der Waals surface area contributed by atoms with Gasteiger partial charge in [-0.05, 0) is 45.7 Å². The molecule has 108 valence electrons. The third-order valence-corrected chi connectivity index (χ3v) is 4.35. The van der Waals surface area contributed by atoms with Gasteiger partial charge in [0, 0.05) is 31.2 Å². The predicted octanol–water partition coefficient (Wildman–Crippen LogP) is 2.17. The van der Waals surface area contributed by atoms with Crippen molar-refractivity contribution in [2.24, 2.45) is 11.7 Å². The normalized spacial score (nSPS) is 27.2. The minimum atomic E-state index is 0.167. The van der Waals surface area contributed by atoms with Crippen LogP contribution in [0.15, 0.2) is 0 Å². The number of hydrogen-bond acceptors (Lipinski definition) is 3. The van der Waals surface area contributed by atoms with Crippen LogP contribution in [0.2, 0.25) is 0 Å². The Balaban J connectivity index is 2.86. The quantitative estimate of drug-likeness (QED) is 0.817. The van der Waals surface area contributed by atoms with Crippen LogP contribution in [0.25, 0.3) is 0 Å². The van der Waals surface area contributed by atoms with Crippen molar-refractivity contribution in [2.75, 3.05) is 33.2 Å². The van der Waals surface area contributed by atoms with Crippen LogP contribution in [0.3, 0.4) is 0 Å². The zero-order chi connectivity index (χ0) is 13.8. The summed E-state index contributed by atoms with van der Waals surface area (Å²) >= 11 is 0. The van der Waals surface area contributed by atoms with Gasteiger partial charge in [0.15, 0.2) is 0 Å². The van der Waals surface area contributed by atoms with E-state index in [0.29, 0.717) is 12.0 Å². The molecule has 0 aliphatic carbocycles. The van der Waals surface area contributed by atoms with E-state index < -0.39 is 0 Å². The molecule has 3 heteroatoms. The average Bonchev–Trinajstić information content (AvgIpc) is 2.49. The highest BCUT2D eigenvalue weighted by atomic mass is 15.3. The van der Waals surface area contributed by atoms with Crippen LogP contribution in [0.5, 0.6) is 0 Å². The van der Waals surface area contributed by atoms with E-state index in [1.807, 2.05) is 0 Å². The molecule has 2 N–H and O–H groups in total. The second-order valence-corrected chi connectivity index (χ2v) is 6.67. The highest BCUT2D eigenvalue weighted by Crippen LogP contribution is 2.28. The van der Waals surface area contributed by atoms with E-state index >= 15 is 0 Å². The highest BCUT2D eigenvalue weighted by Gasteiger charge is 2.36. The first kappa shape index (κ1) is 15.9. The molecule has 1 aliphatic heterocycles. The zero-order valence-electron chi connectivity index (χ0n) is 13.1. The first-order valence-corrected chi connectivity index (χ1v) is 7.58. The largest absolute Gasteiger partial charge is 0.329 e. The molecule has 1 fully saturated rings. The van der Waals surface area contributed by atoms with Gasteiger partial charge in [0.2, 0.25) is 0 Å². The lowest BCUT2D eigenvalue weighted by Crippen LogP contribution is -2.57. The molecule has 0 aromatic carbocycles. The maximum Gasteiger partial charge on any atom is 0.0309 e. The van der Waals surface area contributed by atoms with Crippen molar-refractivity contribution in [3.8, 4) is 0 Å². The fraction of sp³-hybridized carbons (Fsp3) is 1.00. The molecular weight excluding hydrogens is 222 g/mol. The van der Waals surface area contributed by atoms with Crippen molar-refractivity contribution in [2.45, 2.75) is 58.5 Å². The Morgan fingerprint density at radius 2 is 2.00 bits per heavy atom. The molecule has 18 heavy (non-hydrogen) atoms. The first-order valence-electron chi connectivity index (χ1n) is 7.58. The van der Waals surface area contributed by atoms with Crippen molar-refractivity contribution < 1.29 is 0 Å². The summed E-state index contributed by atoms with van der Waals surface area (Å²) in [6, 6.07) is 0.657. The SMILES string of the molecule is CCC1CN(C)CCCN1C(C)(CN)CC(C)C. The Hall–Kier alpha value is -0.120. The van der Waals surface area contributed by atoms with Gasteiger partial charge in [0.25, 0.3) is 0 Å². The van der Waals surface area contributed by atoms with Gasteiger partial charge in [-0.15, -0.1) is 0 Å². The second kappa shape index (κ2) is 6.88. The van der Waals surface area contributed by atoms with Gasteiger partial charge >= 0.3 is 0 Å². The molecule has 1 saturated heterocycles. The molecule has 1 aliphatic rings. The van der Waals surface area contributed by atoms with Gasteiger partial charge in [-0.25, -0.2) is 0 Å². The standard InChI is InChI=1S/C15H33N3/c1-6-14-11-17(5)8-7-9-18(14)15(4,12-16)10-13(2)3/h13-14H,6-12,16H2,1-5H3. The van der Waals surface area contributed by atoms with Gasteiger partial charge < -0.3 is 10.6 Å². The van der Waals surface area contributed by atoms with Crippen molar-refractivity contribution in [1.82, 2.24) is 9.80 Å². The van der Waals surface area contributed by atoms with Crippen LogP contribution in [0.1, 0.15) is 47.0 Å². The van der Waals surface area contributed by atoms with Crippen molar-refractivity contribution in [3.05, 3.63) is 0 Å². The van der Waals surface area contributed by atoms with E-state index in [2.05, 4.69) is 44.5 Å². The third-order valence-electron chi connectivity index (χ3n) is 4.35. The molecule has 1 rings (SSSR count). The fourth-order valence-corrected chi connectivity index (χ4v) is 3.50. The Bertz CT molecular complexity index is 242. The van der Waals surface area contributed by atoms with Gasteiger partial charge in [-0.1, -0.05) is 20.8 Å². The van der Waals surface area contributed by atoms with E-state index in [4.69, 9.17) is 5.73 Å². The van der Waals surface area contributed by atoms with Crippen LogP contribution in [0.4, 0.5) is 0 Å². The monoisotopic (exact) mass is 255 g/mol. The Morgan fingerprint density at radius 1 is 1.33 bits per heavy atom. The Kier molecular flexibility index (Phi) is 6.09. The van der Waals surface area contributed by atoms with E-state index in [9.17, 15) is 0 Å². The summed E-state index contributed by atoms with van der Waals surface area (Å²) in [4.78, 5) is 5.18. The molecule has 3 nitrogen and oxygen atoms in total. The molecule has 0 aromatic heterocycles. The van der Waals surface area contributed by atoms with Gasteiger partial charge in [0.05, 0.1) is 0 Å². The van der Waals surface area contributed by atoms with E-state index in [-0.39, 0.29) is 5.54 Å². The molecule has 2 atom stereocenters. The summed E-state index contributed by atoms with van der Waals surface area (Å²) in [5.41, 5.74) is 6.30. The lowest BCUT2D eigenvalue weighted by molar-refractivity contribution is 0.0443. The van der Waals surface area contributed by atoms with Crippen LogP contribution < -0.4 is 5.73 Å². The van der Waals surface area contributed by atoms with Gasteiger partial charge in [-0.2, -0.15) is 0 Å². The summed E-state index contributed by atoms with van der Waals surface area (Å²) < 4.78 is 0. The Morgan fingerprint density at radius 3 is 2.50 bits per heavy atom. The molecule has 2 unspecified atom stereocenters. The second-order valence-electron chi connectivity index (χ2n) is 6.67. The summed E-state index contributed by atoms with van der Waals surface area (Å²) in [5.74, 6) is 0.706. The predicted molar refractivity (Wildman–Crippen MR) is 79.8 cm³/mol. The number of rotatable bonds is 5. The maximum atomic E-state index is 6.13. The average molecular weight is 255 g/mol. The van der Waals surface area contributed by atoms with Crippen LogP contribution in [-0.4, -0.2) is 54.6 Å². The van der Waals surface area contributed by atoms with Crippen molar-refractivity contribution in [3.63, 3.8) is 0 Å². The molecule has 0 aromatic rings. The molecule has 0 bridgehead atoms. The highest BCUT2D eigenvalue weighted by molar-refractivity contribution is 4.93. The van der Waals surface area contributed by atoms with Gasteiger partial charge in [0.1, 0.15) is 0 Å². The lowest BCUT2D eigenvalue weighted by atomic mass is 9.87.